The van der Waals surface area contributed by atoms with Crippen LogP contribution in [0.25, 0.3) is 11.1 Å². The number of rotatable bonds is 7. The molecule has 1 aromatic heterocycles. The topological polar surface area (TPSA) is 91.2 Å². The number of pyridine rings is 1. The SMILES string of the molecule is Cc1ccc(-c2c(CN)c(CC(C)C)nc(C)c2C(=O)OCC(N)=S)cc1.Cl.Cl. The average molecular weight is 458 g/mol. The Labute approximate surface area is 190 Å². The molecule has 0 aliphatic carbocycles. The number of aryl methyl sites for hydroxylation is 2. The molecule has 0 atom stereocenters. The summed E-state index contributed by atoms with van der Waals surface area (Å²) in [6.07, 6.45) is 0.786. The number of hydrogen-bond donors (Lipinski definition) is 2. The van der Waals surface area contributed by atoms with E-state index in [-0.39, 0.29) is 43.0 Å². The zero-order chi connectivity index (χ0) is 20.1. The van der Waals surface area contributed by atoms with Crippen LogP contribution in [0.15, 0.2) is 24.3 Å². The number of benzene rings is 1. The quantitative estimate of drug-likeness (QED) is 0.475. The van der Waals surface area contributed by atoms with E-state index in [4.69, 9.17) is 33.4 Å². The Hall–Kier alpha value is -1.73. The minimum atomic E-state index is -0.492. The van der Waals surface area contributed by atoms with Crippen LogP contribution in [0.5, 0.6) is 0 Å². The summed E-state index contributed by atoms with van der Waals surface area (Å²) in [4.78, 5) is 17.6. The number of carbonyl (C=O) groups excluding carboxylic acids is 1. The monoisotopic (exact) mass is 457 g/mol. The molecule has 2 aromatic rings. The molecule has 4 N–H and O–H groups in total. The van der Waals surface area contributed by atoms with E-state index >= 15 is 0 Å². The molecule has 0 aliphatic rings. The van der Waals surface area contributed by atoms with Crippen molar-refractivity contribution < 1.29 is 9.53 Å². The number of nitrogens with zero attached hydrogens (tertiary/aromatic N) is 1. The van der Waals surface area contributed by atoms with E-state index in [1.165, 1.54) is 0 Å². The summed E-state index contributed by atoms with van der Waals surface area (Å²) in [5.41, 5.74) is 17.3. The van der Waals surface area contributed by atoms with Gasteiger partial charge in [-0.2, -0.15) is 0 Å². The maximum Gasteiger partial charge on any atom is 0.341 e. The molecule has 0 spiro atoms. The standard InChI is InChI=1S/C21H27N3O2S.2ClH/c1-12(2)9-17-16(10-22)20(15-7-5-13(3)6-8-15)19(14(4)24-17)21(25)26-11-18(23)27;;/h5-8,12H,9-11,22H2,1-4H3,(H2,23,27);2*1H. The van der Waals surface area contributed by atoms with Crippen LogP contribution in [-0.4, -0.2) is 22.5 Å². The van der Waals surface area contributed by atoms with E-state index in [0.29, 0.717) is 17.2 Å². The fourth-order valence-corrected chi connectivity index (χ4v) is 3.13. The lowest BCUT2D eigenvalue weighted by atomic mass is 9.90. The molecule has 0 saturated carbocycles. The fourth-order valence-electron chi connectivity index (χ4n) is 3.07. The van der Waals surface area contributed by atoms with Crippen LogP contribution in [0.2, 0.25) is 0 Å². The van der Waals surface area contributed by atoms with Crippen LogP contribution in [-0.2, 0) is 17.7 Å². The molecular weight excluding hydrogens is 429 g/mol. The summed E-state index contributed by atoms with van der Waals surface area (Å²) in [7, 11) is 0. The first-order valence-corrected chi connectivity index (χ1v) is 9.40. The summed E-state index contributed by atoms with van der Waals surface area (Å²) < 4.78 is 5.29. The maximum atomic E-state index is 12.8. The second kappa shape index (κ2) is 12.1. The molecular formula is C21H29Cl2N3O2S. The first kappa shape index (κ1) is 27.3. The van der Waals surface area contributed by atoms with Gasteiger partial charge < -0.3 is 16.2 Å². The molecule has 1 heterocycles. The Morgan fingerprint density at radius 3 is 2.24 bits per heavy atom. The number of thiocarbonyl (C=S) groups is 1. The molecule has 8 heteroatoms. The van der Waals surface area contributed by atoms with Crippen molar-refractivity contribution in [3.8, 4) is 11.1 Å². The number of esters is 1. The zero-order valence-electron chi connectivity index (χ0n) is 17.2. The Morgan fingerprint density at radius 2 is 1.76 bits per heavy atom. The molecule has 0 aliphatic heterocycles. The lowest BCUT2D eigenvalue weighted by molar-refractivity contribution is 0.0563. The number of hydrogen-bond acceptors (Lipinski definition) is 5. The Morgan fingerprint density at radius 1 is 1.17 bits per heavy atom. The van der Waals surface area contributed by atoms with Gasteiger partial charge in [0.2, 0.25) is 0 Å². The highest BCUT2D eigenvalue weighted by Crippen LogP contribution is 2.33. The second-order valence-electron chi connectivity index (χ2n) is 7.08. The van der Waals surface area contributed by atoms with Gasteiger partial charge in [0.25, 0.3) is 0 Å². The lowest BCUT2D eigenvalue weighted by Crippen LogP contribution is -2.22. The number of nitrogens with two attached hydrogens (primary N) is 2. The largest absolute Gasteiger partial charge is 0.455 e. The van der Waals surface area contributed by atoms with Crippen molar-refractivity contribution in [1.29, 1.82) is 0 Å². The summed E-state index contributed by atoms with van der Waals surface area (Å²) in [6.45, 7) is 8.29. The number of aromatic nitrogens is 1. The Bertz CT molecular complexity index is 856. The predicted octanol–water partition coefficient (Wildman–Crippen LogP) is 4.31. The van der Waals surface area contributed by atoms with E-state index in [1.54, 1.807) is 0 Å². The van der Waals surface area contributed by atoms with Crippen LogP contribution in [0.3, 0.4) is 0 Å². The minimum Gasteiger partial charge on any atom is -0.455 e. The van der Waals surface area contributed by atoms with Crippen molar-refractivity contribution in [2.45, 2.75) is 40.7 Å². The van der Waals surface area contributed by atoms with E-state index < -0.39 is 5.97 Å². The van der Waals surface area contributed by atoms with Crippen molar-refractivity contribution in [2.75, 3.05) is 6.61 Å². The fraction of sp³-hybridized carbons (Fsp3) is 0.381. The minimum absolute atomic E-state index is 0. The molecule has 0 amide bonds. The highest BCUT2D eigenvalue weighted by molar-refractivity contribution is 7.80. The second-order valence-corrected chi connectivity index (χ2v) is 7.61. The van der Waals surface area contributed by atoms with Gasteiger partial charge in [-0.05, 0) is 37.3 Å². The van der Waals surface area contributed by atoms with Crippen LogP contribution in [0.1, 0.15) is 46.7 Å². The molecule has 160 valence electrons. The van der Waals surface area contributed by atoms with Crippen molar-refractivity contribution >= 4 is 48.0 Å². The van der Waals surface area contributed by atoms with Crippen molar-refractivity contribution in [2.24, 2.45) is 17.4 Å². The first-order valence-electron chi connectivity index (χ1n) is 8.99. The molecule has 29 heavy (non-hydrogen) atoms. The van der Waals surface area contributed by atoms with Gasteiger partial charge in [-0.25, -0.2) is 4.79 Å². The maximum absolute atomic E-state index is 12.8. The van der Waals surface area contributed by atoms with Crippen molar-refractivity contribution in [3.05, 3.63) is 52.3 Å². The molecule has 0 saturated heterocycles. The summed E-state index contributed by atoms with van der Waals surface area (Å²) in [6, 6.07) is 8.01. The molecule has 0 unspecified atom stereocenters. The molecule has 0 bridgehead atoms. The van der Waals surface area contributed by atoms with Crippen LogP contribution >= 0.6 is 37.0 Å². The Balaban J connectivity index is 0.00000392. The van der Waals surface area contributed by atoms with Gasteiger partial charge in [0.05, 0.1) is 11.3 Å². The van der Waals surface area contributed by atoms with E-state index in [2.05, 4.69) is 13.8 Å². The lowest BCUT2D eigenvalue weighted by Gasteiger charge is -2.20. The van der Waals surface area contributed by atoms with E-state index in [0.717, 1.165) is 34.4 Å². The third-order valence-electron chi connectivity index (χ3n) is 4.26. The van der Waals surface area contributed by atoms with Gasteiger partial charge in [-0.1, -0.05) is 55.9 Å². The molecule has 0 radical (unpaired) electrons. The third kappa shape index (κ3) is 6.93. The highest BCUT2D eigenvalue weighted by atomic mass is 35.5. The van der Waals surface area contributed by atoms with E-state index in [1.807, 2.05) is 38.1 Å². The summed E-state index contributed by atoms with van der Waals surface area (Å²) in [5.74, 6) is -0.0744. The van der Waals surface area contributed by atoms with Gasteiger partial charge in [0.1, 0.15) is 11.6 Å². The van der Waals surface area contributed by atoms with Crippen molar-refractivity contribution in [3.63, 3.8) is 0 Å². The predicted molar refractivity (Wildman–Crippen MR) is 127 cm³/mol. The highest BCUT2D eigenvalue weighted by Gasteiger charge is 2.24. The molecule has 1 aromatic carbocycles. The van der Waals surface area contributed by atoms with Gasteiger partial charge >= 0.3 is 5.97 Å². The zero-order valence-corrected chi connectivity index (χ0v) is 19.6. The summed E-state index contributed by atoms with van der Waals surface area (Å²) in [5, 5.41) is 0. The van der Waals surface area contributed by atoms with Crippen molar-refractivity contribution in [1.82, 2.24) is 4.98 Å². The van der Waals surface area contributed by atoms with Gasteiger partial charge in [-0.15, -0.1) is 24.8 Å². The summed E-state index contributed by atoms with van der Waals surface area (Å²) >= 11 is 4.82. The number of carbonyl (C=O) groups is 1. The number of ether oxygens (including phenoxy) is 1. The molecule has 2 rings (SSSR count). The van der Waals surface area contributed by atoms with Crippen LogP contribution < -0.4 is 11.5 Å². The van der Waals surface area contributed by atoms with Gasteiger partial charge in [0.15, 0.2) is 0 Å². The smallest absolute Gasteiger partial charge is 0.341 e. The average Bonchev–Trinajstić information content (AvgIpc) is 2.59. The Kier molecular flexibility index (Phi) is 11.4. The van der Waals surface area contributed by atoms with Crippen LogP contribution in [0.4, 0.5) is 0 Å². The van der Waals surface area contributed by atoms with Gasteiger partial charge in [0, 0.05) is 17.8 Å². The van der Waals surface area contributed by atoms with Gasteiger partial charge in [-0.3, -0.25) is 4.98 Å². The van der Waals surface area contributed by atoms with Crippen LogP contribution in [0, 0.1) is 19.8 Å². The molecule has 0 fully saturated rings. The number of halogens is 2. The third-order valence-corrected chi connectivity index (χ3v) is 4.38. The molecule has 5 nitrogen and oxygen atoms in total. The van der Waals surface area contributed by atoms with E-state index in [9.17, 15) is 4.79 Å². The first-order chi connectivity index (χ1) is 12.7. The normalized spacial score (nSPS) is 10.1.